The van der Waals surface area contributed by atoms with Gasteiger partial charge in [0.2, 0.25) is 0 Å². The van der Waals surface area contributed by atoms with Crippen molar-refractivity contribution in [3.05, 3.63) is 72.3 Å². The zero-order chi connectivity index (χ0) is 21.6. The largest absolute Gasteiger partial charge is 0.302 e. The molecule has 0 aliphatic rings. The molecule has 31 heavy (non-hydrogen) atoms. The van der Waals surface area contributed by atoms with Crippen LogP contribution in [0.3, 0.4) is 0 Å². The first-order valence-electron chi connectivity index (χ1n) is 10.4. The van der Waals surface area contributed by atoms with Gasteiger partial charge in [0.25, 0.3) is 0 Å². The van der Waals surface area contributed by atoms with Crippen molar-refractivity contribution in [2.75, 3.05) is 5.75 Å². The summed E-state index contributed by atoms with van der Waals surface area (Å²) in [5.41, 5.74) is 5.58. The van der Waals surface area contributed by atoms with Gasteiger partial charge in [0.1, 0.15) is 0 Å². The highest BCUT2D eigenvalue weighted by Gasteiger charge is 2.18. The van der Waals surface area contributed by atoms with Crippen molar-refractivity contribution in [1.82, 2.24) is 19.7 Å². The summed E-state index contributed by atoms with van der Waals surface area (Å²) in [6.45, 7) is 5.34. The molecule has 0 aliphatic carbocycles. The number of halogens is 1. The van der Waals surface area contributed by atoms with Crippen LogP contribution in [0.5, 0.6) is 0 Å². The molecule has 0 amide bonds. The van der Waals surface area contributed by atoms with E-state index in [-0.39, 0.29) is 0 Å². The molecule has 4 aromatic rings. The van der Waals surface area contributed by atoms with Crippen LogP contribution in [0.15, 0.2) is 77.4 Å². The van der Waals surface area contributed by atoms with Crippen molar-refractivity contribution in [2.45, 2.75) is 32.0 Å². The molecule has 6 heteroatoms. The summed E-state index contributed by atoms with van der Waals surface area (Å²) in [4.78, 5) is 4.92. The predicted octanol–water partition coefficient (Wildman–Crippen LogP) is 7.05. The molecule has 4 nitrogen and oxygen atoms in total. The molecule has 2 aromatic carbocycles. The molecule has 0 atom stereocenters. The number of benzene rings is 2. The quantitative estimate of drug-likeness (QED) is 0.271. The Kier molecular flexibility index (Phi) is 7.05. The van der Waals surface area contributed by atoms with Gasteiger partial charge in [-0.05, 0) is 24.5 Å². The second-order valence-electron chi connectivity index (χ2n) is 7.75. The molecular weight excluding hydrogens is 424 g/mol. The van der Waals surface area contributed by atoms with E-state index in [1.54, 1.807) is 17.3 Å². The minimum Gasteiger partial charge on any atom is -0.302 e. The minimum absolute atomic E-state index is 0.588. The van der Waals surface area contributed by atoms with E-state index in [1.807, 2.05) is 36.4 Å². The topological polar surface area (TPSA) is 43.6 Å². The van der Waals surface area contributed by atoms with E-state index in [9.17, 15) is 0 Å². The number of thioether (sulfide) groups is 1. The van der Waals surface area contributed by atoms with Crippen LogP contribution in [0.25, 0.3) is 33.5 Å². The molecule has 2 aromatic heterocycles. The lowest BCUT2D eigenvalue weighted by molar-refractivity contribution is 0.498. The van der Waals surface area contributed by atoms with E-state index < -0.39 is 0 Å². The van der Waals surface area contributed by atoms with Crippen LogP contribution < -0.4 is 0 Å². The average molecular weight is 449 g/mol. The number of pyridine rings is 1. The monoisotopic (exact) mass is 448 g/mol. The molecule has 0 aliphatic heterocycles. The van der Waals surface area contributed by atoms with Crippen LogP contribution in [-0.4, -0.2) is 25.5 Å². The van der Waals surface area contributed by atoms with Gasteiger partial charge in [-0.2, -0.15) is 0 Å². The van der Waals surface area contributed by atoms with Crippen LogP contribution in [-0.2, 0) is 6.54 Å². The Hall–Kier alpha value is -2.63. The molecule has 0 bridgehead atoms. The van der Waals surface area contributed by atoms with Crippen molar-refractivity contribution < 1.29 is 0 Å². The molecule has 0 N–H and O–H groups in total. The highest BCUT2D eigenvalue weighted by Crippen LogP contribution is 2.33. The Balaban J connectivity index is 1.87. The number of fused-ring (bicyclic) bond motifs is 1. The van der Waals surface area contributed by atoms with Crippen LogP contribution in [0.1, 0.15) is 20.3 Å². The van der Waals surface area contributed by atoms with E-state index in [0.29, 0.717) is 5.92 Å². The van der Waals surface area contributed by atoms with E-state index in [4.69, 9.17) is 16.6 Å². The lowest BCUT2D eigenvalue weighted by Crippen LogP contribution is -2.06. The van der Waals surface area contributed by atoms with Gasteiger partial charge >= 0.3 is 0 Å². The van der Waals surface area contributed by atoms with Gasteiger partial charge in [-0.15, -0.1) is 10.2 Å². The third kappa shape index (κ3) is 5.00. The Morgan fingerprint density at radius 3 is 2.58 bits per heavy atom. The van der Waals surface area contributed by atoms with Crippen molar-refractivity contribution >= 4 is 34.3 Å². The molecular formula is C25H25ClN4S. The average Bonchev–Trinajstić information content (AvgIpc) is 3.20. The number of nitrogens with zero attached hydrogens (tertiary/aromatic N) is 4. The Labute approximate surface area is 192 Å². The molecule has 0 saturated carbocycles. The molecule has 0 fully saturated rings. The Morgan fingerprint density at radius 1 is 1.03 bits per heavy atom. The van der Waals surface area contributed by atoms with E-state index in [2.05, 4.69) is 58.9 Å². The van der Waals surface area contributed by atoms with Gasteiger partial charge in [0.05, 0.1) is 11.2 Å². The number of para-hydroxylation sites is 1. The van der Waals surface area contributed by atoms with Gasteiger partial charge < -0.3 is 4.57 Å². The van der Waals surface area contributed by atoms with Gasteiger partial charge in [0, 0.05) is 34.3 Å². The second-order valence-corrected chi connectivity index (χ2v) is 8.99. The Morgan fingerprint density at radius 2 is 1.81 bits per heavy atom. The molecule has 0 unspecified atom stereocenters. The van der Waals surface area contributed by atoms with E-state index >= 15 is 0 Å². The fourth-order valence-corrected chi connectivity index (χ4v) is 4.43. The van der Waals surface area contributed by atoms with Crippen molar-refractivity contribution in [3.8, 4) is 22.6 Å². The standard InChI is InChI=1S/C25H25ClN4S/c1-18(2)13-15-30-24(28-29-25(30)31-16-8-14-26)21-17-23(19-9-4-3-5-10-19)27-22-12-7-6-11-20(21)22/h3-12,14,17-18H,13,15-16H2,1-2H3. The summed E-state index contributed by atoms with van der Waals surface area (Å²) in [5, 5.41) is 11.2. The summed E-state index contributed by atoms with van der Waals surface area (Å²) in [6.07, 6.45) is 2.97. The molecule has 0 spiro atoms. The van der Waals surface area contributed by atoms with Gasteiger partial charge in [-0.1, -0.05) is 91.8 Å². The normalized spacial score (nSPS) is 11.7. The SMILES string of the molecule is CC(C)CCn1c(SCC=CCl)nnc1-c1cc(-c2ccccc2)nc2ccccc12. The maximum Gasteiger partial charge on any atom is 0.191 e. The van der Waals surface area contributed by atoms with Gasteiger partial charge in [0.15, 0.2) is 11.0 Å². The predicted molar refractivity (Wildman–Crippen MR) is 131 cm³/mol. The molecule has 158 valence electrons. The molecule has 0 saturated heterocycles. The first kappa shape index (κ1) is 21.6. The van der Waals surface area contributed by atoms with Crippen LogP contribution >= 0.6 is 23.4 Å². The Bertz CT molecular complexity index is 1180. The third-order valence-corrected chi connectivity index (χ3v) is 6.17. The fourth-order valence-electron chi connectivity index (χ4n) is 3.46. The summed E-state index contributed by atoms with van der Waals surface area (Å²) in [7, 11) is 0. The van der Waals surface area contributed by atoms with Crippen molar-refractivity contribution in [2.24, 2.45) is 5.92 Å². The van der Waals surface area contributed by atoms with Crippen molar-refractivity contribution in [3.63, 3.8) is 0 Å². The summed E-state index contributed by atoms with van der Waals surface area (Å²) in [6, 6.07) is 20.6. The van der Waals surface area contributed by atoms with Crippen LogP contribution in [0.2, 0.25) is 0 Å². The van der Waals surface area contributed by atoms with Gasteiger partial charge in [-0.25, -0.2) is 4.98 Å². The number of hydrogen-bond acceptors (Lipinski definition) is 4. The van der Waals surface area contributed by atoms with Crippen molar-refractivity contribution in [1.29, 1.82) is 0 Å². The second kappa shape index (κ2) is 10.1. The molecule has 4 rings (SSSR count). The highest BCUT2D eigenvalue weighted by atomic mass is 35.5. The third-order valence-electron chi connectivity index (χ3n) is 5.07. The zero-order valence-electron chi connectivity index (χ0n) is 17.7. The number of rotatable bonds is 8. The summed E-state index contributed by atoms with van der Waals surface area (Å²) >= 11 is 7.36. The van der Waals surface area contributed by atoms with E-state index in [1.165, 1.54) is 0 Å². The highest BCUT2D eigenvalue weighted by molar-refractivity contribution is 7.99. The minimum atomic E-state index is 0.588. The smallest absolute Gasteiger partial charge is 0.191 e. The lowest BCUT2D eigenvalue weighted by atomic mass is 10.0. The first-order chi connectivity index (χ1) is 15.2. The van der Waals surface area contributed by atoms with Crippen LogP contribution in [0.4, 0.5) is 0 Å². The summed E-state index contributed by atoms with van der Waals surface area (Å²) in [5.74, 6) is 2.23. The molecule has 0 radical (unpaired) electrons. The van der Waals surface area contributed by atoms with Crippen LogP contribution in [0, 0.1) is 5.92 Å². The van der Waals surface area contributed by atoms with E-state index in [0.717, 1.165) is 57.4 Å². The first-order valence-corrected chi connectivity index (χ1v) is 11.9. The lowest BCUT2D eigenvalue weighted by Gasteiger charge is -2.14. The number of hydrogen-bond donors (Lipinski definition) is 0. The zero-order valence-corrected chi connectivity index (χ0v) is 19.3. The number of aromatic nitrogens is 4. The fraction of sp³-hybridized carbons (Fsp3) is 0.240. The van der Waals surface area contributed by atoms with Gasteiger partial charge in [-0.3, -0.25) is 0 Å². The summed E-state index contributed by atoms with van der Waals surface area (Å²) < 4.78 is 2.24. The molecule has 2 heterocycles. The maximum absolute atomic E-state index is 5.71. The maximum atomic E-state index is 5.71.